The van der Waals surface area contributed by atoms with Crippen molar-refractivity contribution >= 4 is 17.4 Å². The van der Waals surface area contributed by atoms with E-state index in [9.17, 15) is 4.79 Å². The van der Waals surface area contributed by atoms with Gasteiger partial charge in [0, 0.05) is 13.0 Å². The third-order valence-electron chi connectivity index (χ3n) is 1.52. The van der Waals surface area contributed by atoms with Crippen LogP contribution in [0.3, 0.4) is 0 Å². The second-order valence-corrected chi connectivity index (χ2v) is 3.41. The Kier molecular flexibility index (Phi) is 3.45. The van der Waals surface area contributed by atoms with E-state index in [-0.39, 0.29) is 5.91 Å². The van der Waals surface area contributed by atoms with Crippen LogP contribution < -0.4 is 10.6 Å². The predicted molar refractivity (Wildman–Crippen MR) is 57.3 cm³/mol. The van der Waals surface area contributed by atoms with Gasteiger partial charge in [-0.05, 0) is 26.0 Å². The maximum atomic E-state index is 10.7. The summed E-state index contributed by atoms with van der Waals surface area (Å²) < 4.78 is 0. The quantitative estimate of drug-likeness (QED) is 0.770. The molecule has 0 saturated heterocycles. The molecule has 1 amide bonds. The van der Waals surface area contributed by atoms with E-state index in [2.05, 4.69) is 29.5 Å². The minimum Gasteiger partial charge on any atom is -0.382 e. The Morgan fingerprint density at radius 2 is 2.14 bits per heavy atom. The first-order valence-corrected chi connectivity index (χ1v) is 4.58. The normalized spacial score (nSPS) is 10.0. The SMILES string of the molecule is CC(=O)Nc1ccc(NC(C)C)cn1. The van der Waals surface area contributed by atoms with Crippen LogP contribution in [0, 0.1) is 0 Å². The Bertz CT molecular complexity index is 306. The molecule has 76 valence electrons. The summed E-state index contributed by atoms with van der Waals surface area (Å²) in [7, 11) is 0. The van der Waals surface area contributed by atoms with Gasteiger partial charge in [-0.25, -0.2) is 4.98 Å². The van der Waals surface area contributed by atoms with Crippen molar-refractivity contribution in [1.29, 1.82) is 0 Å². The Morgan fingerprint density at radius 3 is 2.57 bits per heavy atom. The molecule has 0 atom stereocenters. The van der Waals surface area contributed by atoms with Gasteiger partial charge in [0.1, 0.15) is 5.82 Å². The summed E-state index contributed by atoms with van der Waals surface area (Å²) in [4.78, 5) is 14.8. The van der Waals surface area contributed by atoms with Gasteiger partial charge in [0.2, 0.25) is 5.91 Å². The average molecular weight is 193 g/mol. The van der Waals surface area contributed by atoms with Crippen molar-refractivity contribution in [2.75, 3.05) is 10.6 Å². The summed E-state index contributed by atoms with van der Waals surface area (Å²) in [6.45, 7) is 5.57. The zero-order valence-electron chi connectivity index (χ0n) is 8.66. The zero-order valence-corrected chi connectivity index (χ0v) is 8.66. The number of aromatic nitrogens is 1. The number of anilines is 2. The fourth-order valence-electron chi connectivity index (χ4n) is 1.07. The smallest absolute Gasteiger partial charge is 0.222 e. The van der Waals surface area contributed by atoms with Crippen LogP contribution in [-0.4, -0.2) is 16.9 Å². The topological polar surface area (TPSA) is 54.0 Å². The lowest BCUT2D eigenvalue weighted by Gasteiger charge is -2.09. The molecule has 0 spiro atoms. The van der Waals surface area contributed by atoms with E-state index in [0.717, 1.165) is 5.69 Å². The van der Waals surface area contributed by atoms with Crippen molar-refractivity contribution in [1.82, 2.24) is 4.98 Å². The summed E-state index contributed by atoms with van der Waals surface area (Å²) in [6, 6.07) is 4.04. The van der Waals surface area contributed by atoms with Crippen LogP contribution in [0.15, 0.2) is 18.3 Å². The van der Waals surface area contributed by atoms with Gasteiger partial charge in [0.05, 0.1) is 11.9 Å². The van der Waals surface area contributed by atoms with E-state index >= 15 is 0 Å². The lowest BCUT2D eigenvalue weighted by molar-refractivity contribution is -0.114. The molecule has 0 aliphatic rings. The number of hydrogen-bond donors (Lipinski definition) is 2. The van der Waals surface area contributed by atoms with Gasteiger partial charge in [-0.1, -0.05) is 0 Å². The Labute approximate surface area is 83.7 Å². The highest BCUT2D eigenvalue weighted by molar-refractivity contribution is 5.87. The summed E-state index contributed by atoms with van der Waals surface area (Å²) in [5, 5.41) is 5.82. The maximum absolute atomic E-state index is 10.7. The van der Waals surface area contributed by atoms with Crippen LogP contribution in [0.2, 0.25) is 0 Å². The number of amides is 1. The number of carbonyl (C=O) groups is 1. The highest BCUT2D eigenvalue weighted by Crippen LogP contribution is 2.10. The molecular weight excluding hydrogens is 178 g/mol. The van der Waals surface area contributed by atoms with Crippen molar-refractivity contribution in [2.45, 2.75) is 26.8 Å². The number of hydrogen-bond acceptors (Lipinski definition) is 3. The highest BCUT2D eigenvalue weighted by Gasteiger charge is 1.98. The number of nitrogens with zero attached hydrogens (tertiary/aromatic N) is 1. The molecule has 0 unspecified atom stereocenters. The van der Waals surface area contributed by atoms with E-state index in [1.165, 1.54) is 6.92 Å². The van der Waals surface area contributed by atoms with Crippen molar-refractivity contribution < 1.29 is 4.79 Å². The van der Waals surface area contributed by atoms with Crippen LogP contribution in [0.4, 0.5) is 11.5 Å². The molecule has 1 rings (SSSR count). The second-order valence-electron chi connectivity index (χ2n) is 3.41. The van der Waals surface area contributed by atoms with Crippen LogP contribution in [-0.2, 0) is 4.79 Å². The number of pyridine rings is 1. The Morgan fingerprint density at radius 1 is 1.43 bits per heavy atom. The molecule has 1 aromatic heterocycles. The second kappa shape index (κ2) is 4.60. The average Bonchev–Trinajstić information content (AvgIpc) is 2.06. The first-order chi connectivity index (χ1) is 6.58. The van der Waals surface area contributed by atoms with Gasteiger partial charge in [-0.3, -0.25) is 4.79 Å². The maximum Gasteiger partial charge on any atom is 0.222 e. The summed E-state index contributed by atoms with van der Waals surface area (Å²) in [6.07, 6.45) is 1.70. The molecule has 4 nitrogen and oxygen atoms in total. The molecule has 0 bridgehead atoms. The summed E-state index contributed by atoms with van der Waals surface area (Å²) in [5.41, 5.74) is 0.953. The predicted octanol–water partition coefficient (Wildman–Crippen LogP) is 1.86. The summed E-state index contributed by atoms with van der Waals surface area (Å²) >= 11 is 0. The number of carbonyl (C=O) groups excluding carboxylic acids is 1. The first-order valence-electron chi connectivity index (χ1n) is 4.58. The third-order valence-corrected chi connectivity index (χ3v) is 1.52. The third kappa shape index (κ3) is 3.43. The van der Waals surface area contributed by atoms with Gasteiger partial charge in [0.15, 0.2) is 0 Å². The van der Waals surface area contributed by atoms with Crippen molar-refractivity contribution in [3.8, 4) is 0 Å². The van der Waals surface area contributed by atoms with Gasteiger partial charge < -0.3 is 10.6 Å². The Hall–Kier alpha value is -1.58. The van der Waals surface area contributed by atoms with Crippen LogP contribution in [0.1, 0.15) is 20.8 Å². The van der Waals surface area contributed by atoms with Crippen molar-refractivity contribution in [3.05, 3.63) is 18.3 Å². The van der Waals surface area contributed by atoms with Gasteiger partial charge in [0.25, 0.3) is 0 Å². The molecule has 14 heavy (non-hydrogen) atoms. The van der Waals surface area contributed by atoms with Crippen molar-refractivity contribution in [3.63, 3.8) is 0 Å². The Balaban J connectivity index is 2.63. The molecule has 4 heteroatoms. The molecule has 1 aromatic rings. The van der Waals surface area contributed by atoms with E-state index in [4.69, 9.17) is 0 Å². The first kappa shape index (κ1) is 10.5. The zero-order chi connectivity index (χ0) is 10.6. The van der Waals surface area contributed by atoms with E-state index in [1.54, 1.807) is 12.3 Å². The standard InChI is InChI=1S/C10H15N3O/c1-7(2)12-9-4-5-10(11-6-9)13-8(3)14/h4-7,12H,1-3H3,(H,11,13,14). The molecule has 0 aromatic carbocycles. The van der Waals surface area contributed by atoms with Gasteiger partial charge >= 0.3 is 0 Å². The van der Waals surface area contributed by atoms with Gasteiger partial charge in [-0.15, -0.1) is 0 Å². The molecule has 0 aliphatic carbocycles. The highest BCUT2D eigenvalue weighted by atomic mass is 16.1. The lowest BCUT2D eigenvalue weighted by atomic mass is 10.3. The molecule has 0 saturated carbocycles. The van der Waals surface area contributed by atoms with E-state index < -0.39 is 0 Å². The van der Waals surface area contributed by atoms with Crippen molar-refractivity contribution in [2.24, 2.45) is 0 Å². The number of nitrogens with one attached hydrogen (secondary N) is 2. The molecule has 1 heterocycles. The minimum absolute atomic E-state index is 0.109. The molecule has 0 aliphatic heterocycles. The molecule has 2 N–H and O–H groups in total. The van der Waals surface area contributed by atoms with Crippen LogP contribution in [0.25, 0.3) is 0 Å². The fraction of sp³-hybridized carbons (Fsp3) is 0.400. The molecular formula is C10H15N3O. The van der Waals surface area contributed by atoms with Crippen LogP contribution >= 0.6 is 0 Å². The molecule has 0 radical (unpaired) electrons. The monoisotopic (exact) mass is 193 g/mol. The van der Waals surface area contributed by atoms with Crippen LogP contribution in [0.5, 0.6) is 0 Å². The van der Waals surface area contributed by atoms with E-state index in [0.29, 0.717) is 11.9 Å². The number of rotatable bonds is 3. The minimum atomic E-state index is -0.109. The lowest BCUT2D eigenvalue weighted by Crippen LogP contribution is -2.11. The van der Waals surface area contributed by atoms with Gasteiger partial charge in [-0.2, -0.15) is 0 Å². The fourth-order valence-corrected chi connectivity index (χ4v) is 1.07. The molecule has 0 fully saturated rings. The van der Waals surface area contributed by atoms with E-state index in [1.807, 2.05) is 6.07 Å². The summed E-state index contributed by atoms with van der Waals surface area (Å²) in [5.74, 6) is 0.467. The largest absolute Gasteiger partial charge is 0.382 e.